The molecule has 0 fully saturated rings. The van der Waals surface area contributed by atoms with E-state index in [1.54, 1.807) is 16.6 Å². The molecule has 0 aliphatic rings. The fourth-order valence-corrected chi connectivity index (χ4v) is 3.60. The Bertz CT molecular complexity index is 1140. The summed E-state index contributed by atoms with van der Waals surface area (Å²) in [5.41, 5.74) is 2.64. The lowest BCUT2D eigenvalue weighted by atomic mass is 9.87. The van der Waals surface area contributed by atoms with E-state index in [0.717, 1.165) is 5.56 Å². The maximum Gasteiger partial charge on any atom is 0.257 e. The highest BCUT2D eigenvalue weighted by atomic mass is 35.5. The maximum atomic E-state index is 12.6. The summed E-state index contributed by atoms with van der Waals surface area (Å²) in [5.74, 6) is 0.386. The molecule has 4 aromatic rings. The average Bonchev–Trinajstić information content (AvgIpc) is 3.22. The van der Waals surface area contributed by atoms with Crippen molar-refractivity contribution in [3.8, 4) is 11.4 Å². The first-order valence-corrected chi connectivity index (χ1v) is 9.91. The van der Waals surface area contributed by atoms with Crippen LogP contribution in [-0.2, 0) is 5.41 Å². The molecule has 0 spiro atoms. The number of benzene rings is 2. The molecule has 28 heavy (non-hydrogen) atoms. The zero-order valence-corrected chi connectivity index (χ0v) is 17.2. The number of hydrogen-bond acceptors (Lipinski definition) is 5. The summed E-state index contributed by atoms with van der Waals surface area (Å²) in [5, 5.41) is 16.7. The van der Waals surface area contributed by atoms with Gasteiger partial charge in [0.15, 0.2) is 5.82 Å². The second-order valence-electron chi connectivity index (χ2n) is 7.41. The zero-order valence-electron chi connectivity index (χ0n) is 15.6. The normalized spacial score (nSPS) is 11.7. The third kappa shape index (κ3) is 3.63. The molecule has 1 N–H and O–H groups in total. The average molecular weight is 412 g/mol. The monoisotopic (exact) mass is 411 g/mol. The molecular weight excluding hydrogens is 394 g/mol. The second kappa shape index (κ2) is 7.00. The van der Waals surface area contributed by atoms with Gasteiger partial charge in [0.25, 0.3) is 5.91 Å². The molecule has 0 saturated heterocycles. The number of amides is 1. The smallest absolute Gasteiger partial charge is 0.257 e. The summed E-state index contributed by atoms with van der Waals surface area (Å²) >= 11 is 7.21. The molecule has 8 heteroatoms. The van der Waals surface area contributed by atoms with E-state index in [1.165, 1.54) is 16.9 Å². The van der Waals surface area contributed by atoms with Crippen molar-refractivity contribution in [2.24, 2.45) is 0 Å². The number of hydrogen-bond donors (Lipinski definition) is 1. The van der Waals surface area contributed by atoms with E-state index in [0.29, 0.717) is 26.5 Å². The molecule has 2 aromatic heterocycles. The van der Waals surface area contributed by atoms with E-state index in [1.807, 2.05) is 36.4 Å². The third-order valence-corrected chi connectivity index (χ3v) is 5.39. The van der Waals surface area contributed by atoms with Crippen molar-refractivity contribution in [1.29, 1.82) is 0 Å². The number of aromatic nitrogens is 4. The SMILES string of the molecule is CC(C)(C)c1ccc(C(=O)Nc2nn3c(-c4ccc(Cl)cc4)nnc3s2)cc1. The number of rotatable bonds is 3. The van der Waals surface area contributed by atoms with Crippen LogP contribution in [0.3, 0.4) is 0 Å². The largest absolute Gasteiger partial charge is 0.296 e. The van der Waals surface area contributed by atoms with Crippen molar-refractivity contribution in [3.05, 3.63) is 64.7 Å². The summed E-state index contributed by atoms with van der Waals surface area (Å²) in [4.78, 5) is 13.2. The lowest BCUT2D eigenvalue weighted by Crippen LogP contribution is -2.14. The summed E-state index contributed by atoms with van der Waals surface area (Å²) in [6.45, 7) is 6.42. The van der Waals surface area contributed by atoms with Crippen molar-refractivity contribution >= 4 is 38.9 Å². The van der Waals surface area contributed by atoms with Gasteiger partial charge in [-0.05, 0) is 47.4 Å². The van der Waals surface area contributed by atoms with E-state index < -0.39 is 0 Å². The van der Waals surface area contributed by atoms with Gasteiger partial charge in [-0.2, -0.15) is 4.52 Å². The molecule has 2 aromatic carbocycles. The predicted octanol–water partition coefficient (Wildman–Crippen LogP) is 5.06. The van der Waals surface area contributed by atoms with Gasteiger partial charge in [-0.15, -0.1) is 15.3 Å². The Balaban J connectivity index is 1.57. The summed E-state index contributed by atoms with van der Waals surface area (Å²) in [6, 6.07) is 14.9. The van der Waals surface area contributed by atoms with Crippen LogP contribution < -0.4 is 5.32 Å². The quantitative estimate of drug-likeness (QED) is 0.511. The molecule has 0 atom stereocenters. The van der Waals surface area contributed by atoms with E-state index in [-0.39, 0.29) is 11.3 Å². The number of carbonyl (C=O) groups excluding carboxylic acids is 1. The fraction of sp³-hybridized carbons (Fsp3) is 0.200. The minimum absolute atomic E-state index is 0.0423. The molecule has 1 amide bonds. The zero-order chi connectivity index (χ0) is 19.9. The molecule has 0 aliphatic heterocycles. The summed E-state index contributed by atoms with van der Waals surface area (Å²) in [6.07, 6.45) is 0. The molecule has 0 bridgehead atoms. The minimum Gasteiger partial charge on any atom is -0.296 e. The van der Waals surface area contributed by atoms with Gasteiger partial charge in [0.05, 0.1) is 0 Å². The Morgan fingerprint density at radius 1 is 1.04 bits per heavy atom. The summed E-state index contributed by atoms with van der Waals surface area (Å²) in [7, 11) is 0. The number of nitrogens with one attached hydrogen (secondary N) is 1. The number of nitrogens with zero attached hydrogens (tertiary/aromatic N) is 4. The Labute approximate surface area is 171 Å². The van der Waals surface area contributed by atoms with Crippen molar-refractivity contribution in [2.75, 3.05) is 5.32 Å². The van der Waals surface area contributed by atoms with Gasteiger partial charge in [0, 0.05) is 16.1 Å². The molecule has 0 aliphatic carbocycles. The van der Waals surface area contributed by atoms with E-state index >= 15 is 0 Å². The molecule has 6 nitrogen and oxygen atoms in total. The molecule has 2 heterocycles. The molecule has 4 rings (SSSR count). The van der Waals surface area contributed by atoms with Gasteiger partial charge in [0.1, 0.15) is 0 Å². The number of halogens is 1. The van der Waals surface area contributed by atoms with Crippen LogP contribution in [0.15, 0.2) is 48.5 Å². The van der Waals surface area contributed by atoms with E-state index in [4.69, 9.17) is 11.6 Å². The van der Waals surface area contributed by atoms with Crippen LogP contribution in [-0.4, -0.2) is 25.7 Å². The van der Waals surface area contributed by atoms with Crippen LogP contribution in [0.5, 0.6) is 0 Å². The van der Waals surface area contributed by atoms with Gasteiger partial charge in [-0.3, -0.25) is 10.1 Å². The number of fused-ring (bicyclic) bond motifs is 1. The van der Waals surface area contributed by atoms with Gasteiger partial charge in [-0.25, -0.2) is 0 Å². The van der Waals surface area contributed by atoms with Gasteiger partial charge in [0.2, 0.25) is 10.1 Å². The molecule has 0 saturated carbocycles. The van der Waals surface area contributed by atoms with Crippen molar-refractivity contribution < 1.29 is 4.79 Å². The van der Waals surface area contributed by atoms with Crippen LogP contribution in [0.4, 0.5) is 5.13 Å². The first kappa shape index (κ1) is 18.6. The highest BCUT2D eigenvalue weighted by Gasteiger charge is 2.17. The van der Waals surface area contributed by atoms with Crippen LogP contribution in [0.2, 0.25) is 5.02 Å². The Morgan fingerprint density at radius 3 is 2.36 bits per heavy atom. The number of anilines is 1. The predicted molar refractivity (Wildman–Crippen MR) is 112 cm³/mol. The lowest BCUT2D eigenvalue weighted by molar-refractivity contribution is 0.102. The van der Waals surface area contributed by atoms with Crippen LogP contribution in [0.1, 0.15) is 36.7 Å². The number of carbonyl (C=O) groups is 1. The highest BCUT2D eigenvalue weighted by Crippen LogP contribution is 2.26. The Kier molecular flexibility index (Phi) is 4.64. The van der Waals surface area contributed by atoms with E-state index in [2.05, 4.69) is 41.4 Å². The minimum atomic E-state index is -0.210. The van der Waals surface area contributed by atoms with Crippen LogP contribution in [0.25, 0.3) is 16.3 Å². The molecule has 142 valence electrons. The van der Waals surface area contributed by atoms with Crippen molar-refractivity contribution in [3.63, 3.8) is 0 Å². The Hall–Kier alpha value is -2.77. The van der Waals surface area contributed by atoms with Gasteiger partial charge >= 0.3 is 0 Å². The standard InChI is InChI=1S/C20H18ClN5OS/c1-20(2,3)14-8-4-13(5-9-14)17(27)22-18-25-26-16(23-24-19(26)28-18)12-6-10-15(21)11-7-12/h4-11H,1-3H3,(H,22,25,27). The molecular formula is C20H18ClN5OS. The maximum absolute atomic E-state index is 12.6. The van der Waals surface area contributed by atoms with Gasteiger partial charge < -0.3 is 0 Å². The third-order valence-electron chi connectivity index (χ3n) is 4.33. The first-order chi connectivity index (χ1) is 13.3. The second-order valence-corrected chi connectivity index (χ2v) is 8.81. The fourth-order valence-electron chi connectivity index (χ4n) is 2.74. The van der Waals surface area contributed by atoms with E-state index in [9.17, 15) is 4.79 Å². The topological polar surface area (TPSA) is 72.2 Å². The summed E-state index contributed by atoms with van der Waals surface area (Å²) < 4.78 is 1.62. The highest BCUT2D eigenvalue weighted by molar-refractivity contribution is 7.20. The lowest BCUT2D eigenvalue weighted by Gasteiger charge is -2.18. The molecule has 0 radical (unpaired) electrons. The van der Waals surface area contributed by atoms with Crippen LogP contribution in [0, 0.1) is 0 Å². The van der Waals surface area contributed by atoms with Gasteiger partial charge in [-0.1, -0.05) is 55.8 Å². The van der Waals surface area contributed by atoms with Crippen LogP contribution >= 0.6 is 22.9 Å². The van der Waals surface area contributed by atoms with Crippen molar-refractivity contribution in [2.45, 2.75) is 26.2 Å². The molecule has 0 unspecified atom stereocenters. The first-order valence-electron chi connectivity index (χ1n) is 8.71. The Morgan fingerprint density at radius 2 is 1.71 bits per heavy atom. The van der Waals surface area contributed by atoms with Crippen molar-refractivity contribution in [1.82, 2.24) is 19.8 Å².